The Morgan fingerprint density at radius 3 is 2.60 bits per heavy atom. The van der Waals surface area contributed by atoms with Gasteiger partial charge in [-0.2, -0.15) is 5.10 Å². The number of aromatic nitrogens is 2. The molecule has 0 fully saturated rings. The minimum atomic E-state index is -0.419. The number of hydrogen-bond acceptors (Lipinski definition) is 2. The Morgan fingerprint density at radius 1 is 1.35 bits per heavy atom. The minimum absolute atomic E-state index is 0.193. The Bertz CT molecular complexity index is 661. The second-order valence-electron chi connectivity index (χ2n) is 4.98. The zero-order valence-corrected chi connectivity index (χ0v) is 12.1. The van der Waals surface area contributed by atoms with Crippen molar-refractivity contribution in [2.75, 3.05) is 5.32 Å². The lowest BCUT2D eigenvalue weighted by Gasteiger charge is -2.07. The molecule has 1 amide bonds. The van der Waals surface area contributed by atoms with Crippen molar-refractivity contribution in [2.45, 2.75) is 27.2 Å². The highest BCUT2D eigenvalue weighted by Gasteiger charge is 2.14. The van der Waals surface area contributed by atoms with E-state index in [0.717, 1.165) is 22.5 Å². The molecular weight excluding hydrogens is 257 g/mol. The fourth-order valence-corrected chi connectivity index (χ4v) is 2.15. The standard InChI is InChI=1S/C15H18FN3O/c1-9-5-6-14(13(16)7-9)17-15(20)8-12-10(2)18-19(4)11(12)3/h5-7H,8H2,1-4H3,(H,17,20). The van der Waals surface area contributed by atoms with E-state index >= 15 is 0 Å². The molecule has 2 aromatic rings. The summed E-state index contributed by atoms with van der Waals surface area (Å²) >= 11 is 0. The van der Waals surface area contributed by atoms with Crippen LogP contribution >= 0.6 is 0 Å². The molecule has 2 rings (SSSR count). The third-order valence-corrected chi connectivity index (χ3v) is 3.39. The molecule has 20 heavy (non-hydrogen) atoms. The fraction of sp³-hybridized carbons (Fsp3) is 0.333. The lowest BCUT2D eigenvalue weighted by molar-refractivity contribution is -0.115. The summed E-state index contributed by atoms with van der Waals surface area (Å²) in [7, 11) is 1.84. The second kappa shape index (κ2) is 5.45. The number of halogens is 1. The van der Waals surface area contributed by atoms with Gasteiger partial charge in [-0.05, 0) is 38.5 Å². The summed E-state index contributed by atoms with van der Waals surface area (Å²) in [6.07, 6.45) is 0.193. The number of carbonyl (C=O) groups is 1. The normalized spacial score (nSPS) is 10.7. The SMILES string of the molecule is Cc1ccc(NC(=O)Cc2c(C)nn(C)c2C)c(F)c1. The van der Waals surface area contributed by atoms with E-state index in [4.69, 9.17) is 0 Å². The third-order valence-electron chi connectivity index (χ3n) is 3.39. The van der Waals surface area contributed by atoms with Crippen LogP contribution in [0.25, 0.3) is 0 Å². The molecule has 0 saturated carbocycles. The number of nitrogens with one attached hydrogen (secondary N) is 1. The van der Waals surface area contributed by atoms with Crippen LogP contribution in [0.15, 0.2) is 18.2 Å². The average Bonchev–Trinajstić information content (AvgIpc) is 2.60. The first-order chi connectivity index (χ1) is 9.38. The van der Waals surface area contributed by atoms with Crippen molar-refractivity contribution in [1.29, 1.82) is 0 Å². The van der Waals surface area contributed by atoms with Gasteiger partial charge in [0, 0.05) is 18.3 Å². The lowest BCUT2D eigenvalue weighted by Crippen LogP contribution is -2.16. The molecule has 0 spiro atoms. The molecule has 0 bridgehead atoms. The number of carbonyl (C=O) groups excluding carboxylic acids is 1. The molecule has 1 heterocycles. The molecular formula is C15H18FN3O. The van der Waals surface area contributed by atoms with Crippen LogP contribution in [0.3, 0.4) is 0 Å². The van der Waals surface area contributed by atoms with E-state index in [1.807, 2.05) is 20.9 Å². The molecule has 0 aliphatic carbocycles. The van der Waals surface area contributed by atoms with E-state index in [9.17, 15) is 9.18 Å². The predicted octanol–water partition coefficient (Wildman–Crippen LogP) is 2.67. The zero-order chi connectivity index (χ0) is 14.9. The van der Waals surface area contributed by atoms with Crippen LogP contribution in [0.2, 0.25) is 0 Å². The van der Waals surface area contributed by atoms with Crippen molar-refractivity contribution >= 4 is 11.6 Å². The van der Waals surface area contributed by atoms with Crippen LogP contribution in [-0.2, 0) is 18.3 Å². The molecule has 0 aliphatic heterocycles. The van der Waals surface area contributed by atoms with Crippen molar-refractivity contribution in [3.8, 4) is 0 Å². The molecule has 1 aromatic heterocycles. The molecule has 0 radical (unpaired) electrons. The fourth-order valence-electron chi connectivity index (χ4n) is 2.15. The van der Waals surface area contributed by atoms with Gasteiger partial charge in [-0.3, -0.25) is 9.48 Å². The Kier molecular flexibility index (Phi) is 3.88. The van der Waals surface area contributed by atoms with Gasteiger partial charge in [0.25, 0.3) is 0 Å². The Morgan fingerprint density at radius 2 is 2.05 bits per heavy atom. The maximum absolute atomic E-state index is 13.7. The summed E-state index contributed by atoms with van der Waals surface area (Å²) < 4.78 is 15.4. The second-order valence-corrected chi connectivity index (χ2v) is 4.98. The first-order valence-electron chi connectivity index (χ1n) is 6.43. The lowest BCUT2D eigenvalue weighted by atomic mass is 10.1. The van der Waals surface area contributed by atoms with Crippen LogP contribution in [0.4, 0.5) is 10.1 Å². The van der Waals surface area contributed by atoms with Gasteiger partial charge in [-0.1, -0.05) is 6.07 Å². The largest absolute Gasteiger partial charge is 0.323 e. The Hall–Kier alpha value is -2.17. The van der Waals surface area contributed by atoms with E-state index < -0.39 is 5.82 Å². The summed E-state index contributed by atoms with van der Waals surface area (Å²) in [4.78, 5) is 12.0. The molecule has 0 aliphatic rings. The van der Waals surface area contributed by atoms with Crippen LogP contribution in [0.5, 0.6) is 0 Å². The number of amides is 1. The smallest absolute Gasteiger partial charge is 0.229 e. The summed E-state index contributed by atoms with van der Waals surface area (Å²) in [6.45, 7) is 5.58. The van der Waals surface area contributed by atoms with Gasteiger partial charge in [-0.25, -0.2) is 4.39 Å². The number of hydrogen-bond donors (Lipinski definition) is 1. The summed E-state index contributed by atoms with van der Waals surface area (Å²) in [5.41, 5.74) is 3.68. The molecule has 5 heteroatoms. The summed E-state index contributed by atoms with van der Waals surface area (Å²) in [5, 5.41) is 6.86. The van der Waals surface area contributed by atoms with E-state index in [2.05, 4.69) is 10.4 Å². The van der Waals surface area contributed by atoms with Crippen molar-refractivity contribution in [3.63, 3.8) is 0 Å². The van der Waals surface area contributed by atoms with Gasteiger partial charge < -0.3 is 5.32 Å². The molecule has 1 aromatic carbocycles. The third kappa shape index (κ3) is 2.87. The van der Waals surface area contributed by atoms with E-state index in [1.54, 1.807) is 23.7 Å². The zero-order valence-electron chi connectivity index (χ0n) is 12.1. The quantitative estimate of drug-likeness (QED) is 0.936. The number of rotatable bonds is 3. The predicted molar refractivity (Wildman–Crippen MR) is 76.2 cm³/mol. The van der Waals surface area contributed by atoms with Gasteiger partial charge in [0.2, 0.25) is 5.91 Å². The highest BCUT2D eigenvalue weighted by atomic mass is 19.1. The molecule has 106 valence electrons. The number of anilines is 1. The van der Waals surface area contributed by atoms with Crippen molar-refractivity contribution in [2.24, 2.45) is 7.05 Å². The average molecular weight is 275 g/mol. The Labute approximate surface area is 117 Å². The highest BCUT2D eigenvalue weighted by Crippen LogP contribution is 2.17. The molecule has 1 N–H and O–H groups in total. The minimum Gasteiger partial charge on any atom is -0.323 e. The van der Waals surface area contributed by atoms with Gasteiger partial charge >= 0.3 is 0 Å². The van der Waals surface area contributed by atoms with Crippen LogP contribution in [0.1, 0.15) is 22.5 Å². The van der Waals surface area contributed by atoms with Crippen molar-refractivity contribution in [3.05, 3.63) is 46.5 Å². The molecule has 4 nitrogen and oxygen atoms in total. The first kappa shape index (κ1) is 14.2. The molecule has 0 saturated heterocycles. The number of nitrogens with zero attached hydrogens (tertiary/aromatic N) is 2. The van der Waals surface area contributed by atoms with Gasteiger partial charge in [0.1, 0.15) is 5.82 Å². The first-order valence-corrected chi connectivity index (χ1v) is 6.43. The topological polar surface area (TPSA) is 46.9 Å². The van der Waals surface area contributed by atoms with E-state index in [1.165, 1.54) is 6.07 Å². The Balaban J connectivity index is 2.13. The van der Waals surface area contributed by atoms with Gasteiger partial charge in [0.05, 0.1) is 17.8 Å². The van der Waals surface area contributed by atoms with Crippen molar-refractivity contribution < 1.29 is 9.18 Å². The van der Waals surface area contributed by atoms with Gasteiger partial charge in [0.15, 0.2) is 0 Å². The maximum Gasteiger partial charge on any atom is 0.229 e. The van der Waals surface area contributed by atoms with Gasteiger partial charge in [-0.15, -0.1) is 0 Å². The maximum atomic E-state index is 13.7. The molecule has 0 atom stereocenters. The number of aryl methyl sites for hydroxylation is 3. The van der Waals surface area contributed by atoms with E-state index in [0.29, 0.717) is 0 Å². The van der Waals surface area contributed by atoms with Crippen LogP contribution in [0, 0.1) is 26.6 Å². The summed E-state index contributed by atoms with van der Waals surface area (Å²) in [5.74, 6) is -0.662. The highest BCUT2D eigenvalue weighted by molar-refractivity contribution is 5.92. The molecule has 0 unspecified atom stereocenters. The monoisotopic (exact) mass is 275 g/mol. The van der Waals surface area contributed by atoms with E-state index in [-0.39, 0.29) is 18.0 Å². The van der Waals surface area contributed by atoms with Crippen LogP contribution < -0.4 is 5.32 Å². The number of benzene rings is 1. The van der Waals surface area contributed by atoms with Crippen molar-refractivity contribution in [1.82, 2.24) is 9.78 Å². The van der Waals surface area contributed by atoms with Crippen LogP contribution in [-0.4, -0.2) is 15.7 Å². The summed E-state index contributed by atoms with van der Waals surface area (Å²) in [6, 6.07) is 4.74.